The average molecular weight is 264 g/mol. The fraction of sp³-hybridized carbons (Fsp3) is 0.900. The Balaban J connectivity index is 2.60. The first-order valence-corrected chi connectivity index (χ1v) is 7.41. The van der Waals surface area contributed by atoms with E-state index in [-0.39, 0.29) is 23.5 Å². The summed E-state index contributed by atoms with van der Waals surface area (Å²) < 4.78 is 27.5. The lowest BCUT2D eigenvalue weighted by atomic mass is 10.2. The second-order valence-electron chi connectivity index (χ2n) is 4.32. The summed E-state index contributed by atoms with van der Waals surface area (Å²) in [5.41, 5.74) is 0. The number of rotatable bonds is 4. The molecule has 1 N–H and O–H groups in total. The zero-order chi connectivity index (χ0) is 13.1. The second-order valence-corrected chi connectivity index (χ2v) is 6.55. The van der Waals surface area contributed by atoms with Crippen molar-refractivity contribution in [3.8, 4) is 0 Å². The first-order chi connectivity index (χ1) is 7.89. The van der Waals surface area contributed by atoms with Crippen LogP contribution in [0.3, 0.4) is 0 Å². The van der Waals surface area contributed by atoms with Crippen LogP contribution in [0.25, 0.3) is 0 Å². The molecule has 1 aliphatic rings. The summed E-state index contributed by atoms with van der Waals surface area (Å²) in [6.45, 7) is 2.80. The van der Waals surface area contributed by atoms with Gasteiger partial charge in [-0.15, -0.1) is 0 Å². The van der Waals surface area contributed by atoms with Crippen molar-refractivity contribution < 1.29 is 17.9 Å². The van der Waals surface area contributed by atoms with E-state index < -0.39 is 15.9 Å². The van der Waals surface area contributed by atoms with E-state index in [1.54, 1.807) is 7.05 Å². The zero-order valence-electron chi connectivity index (χ0n) is 10.5. The Labute approximate surface area is 102 Å². The van der Waals surface area contributed by atoms with E-state index in [1.165, 1.54) is 7.11 Å². The van der Waals surface area contributed by atoms with E-state index in [0.717, 1.165) is 0 Å². The van der Waals surface area contributed by atoms with Crippen LogP contribution in [0.4, 0.5) is 0 Å². The van der Waals surface area contributed by atoms with Gasteiger partial charge in [-0.25, -0.2) is 8.42 Å². The fourth-order valence-electron chi connectivity index (χ4n) is 1.96. The van der Waals surface area contributed by atoms with Crippen LogP contribution in [-0.4, -0.2) is 70.1 Å². The van der Waals surface area contributed by atoms with Gasteiger partial charge < -0.3 is 10.1 Å². The predicted octanol–water partition coefficient (Wildman–Crippen LogP) is -1.13. The lowest BCUT2D eigenvalue weighted by Crippen LogP contribution is -2.53. The minimum absolute atomic E-state index is 0.0609. The van der Waals surface area contributed by atoms with Crippen molar-refractivity contribution in [3.63, 3.8) is 0 Å². The van der Waals surface area contributed by atoms with E-state index in [9.17, 15) is 13.2 Å². The predicted molar refractivity (Wildman–Crippen MR) is 64.6 cm³/mol. The third-order valence-corrected chi connectivity index (χ3v) is 4.85. The van der Waals surface area contributed by atoms with E-state index in [0.29, 0.717) is 13.1 Å². The number of nitrogens with zero attached hydrogens (tertiary/aromatic N) is 1. The molecule has 0 radical (unpaired) electrons. The SMILES string of the molecule is CNC(CN1CCS(=O)(=O)CC1C)C(=O)OC. The molecule has 0 aliphatic carbocycles. The Morgan fingerprint density at radius 2 is 2.24 bits per heavy atom. The van der Waals surface area contributed by atoms with Crippen molar-refractivity contribution in [2.75, 3.05) is 38.8 Å². The van der Waals surface area contributed by atoms with E-state index in [1.807, 2.05) is 11.8 Å². The van der Waals surface area contributed by atoms with Crippen LogP contribution in [0.1, 0.15) is 6.92 Å². The van der Waals surface area contributed by atoms with E-state index in [2.05, 4.69) is 10.1 Å². The summed E-state index contributed by atoms with van der Waals surface area (Å²) in [5, 5.41) is 2.88. The molecule has 2 unspecified atom stereocenters. The molecule has 0 aromatic rings. The quantitative estimate of drug-likeness (QED) is 0.647. The van der Waals surface area contributed by atoms with Crippen molar-refractivity contribution >= 4 is 15.8 Å². The van der Waals surface area contributed by atoms with Gasteiger partial charge in [-0.2, -0.15) is 0 Å². The summed E-state index contributed by atoms with van der Waals surface area (Å²) in [7, 11) is 0.120. The van der Waals surface area contributed by atoms with Crippen molar-refractivity contribution in [1.29, 1.82) is 0 Å². The highest BCUT2D eigenvalue weighted by Crippen LogP contribution is 2.11. The molecule has 0 bridgehead atoms. The summed E-state index contributed by atoms with van der Waals surface area (Å²) in [6, 6.07) is -0.475. The van der Waals surface area contributed by atoms with Crippen molar-refractivity contribution in [3.05, 3.63) is 0 Å². The van der Waals surface area contributed by atoms with Crippen LogP contribution in [0, 0.1) is 0 Å². The summed E-state index contributed by atoms with van der Waals surface area (Å²) in [4.78, 5) is 13.4. The van der Waals surface area contributed by atoms with Gasteiger partial charge >= 0.3 is 5.97 Å². The van der Waals surface area contributed by atoms with Gasteiger partial charge in [0.15, 0.2) is 9.84 Å². The fourth-order valence-corrected chi connectivity index (χ4v) is 3.59. The number of sulfone groups is 1. The standard InChI is InChI=1S/C10H20N2O4S/c1-8-7-17(14,15)5-4-12(8)6-9(11-2)10(13)16-3/h8-9,11H,4-7H2,1-3H3. The van der Waals surface area contributed by atoms with Crippen LogP contribution in [0.5, 0.6) is 0 Å². The molecule has 100 valence electrons. The monoisotopic (exact) mass is 264 g/mol. The second kappa shape index (κ2) is 5.79. The molecule has 1 saturated heterocycles. The number of nitrogens with one attached hydrogen (secondary N) is 1. The maximum Gasteiger partial charge on any atom is 0.324 e. The summed E-state index contributed by atoms with van der Waals surface area (Å²) >= 11 is 0. The topological polar surface area (TPSA) is 75.7 Å². The first-order valence-electron chi connectivity index (χ1n) is 5.59. The number of likely N-dealkylation sites (N-methyl/N-ethyl adjacent to an activating group) is 1. The number of hydrogen-bond donors (Lipinski definition) is 1. The highest BCUT2D eigenvalue weighted by atomic mass is 32.2. The molecule has 0 saturated carbocycles. The van der Waals surface area contributed by atoms with Gasteiger partial charge in [0.05, 0.1) is 18.6 Å². The molecule has 7 heteroatoms. The van der Waals surface area contributed by atoms with Gasteiger partial charge in [-0.05, 0) is 14.0 Å². The molecule has 17 heavy (non-hydrogen) atoms. The van der Waals surface area contributed by atoms with Gasteiger partial charge in [-0.1, -0.05) is 0 Å². The lowest BCUT2D eigenvalue weighted by Gasteiger charge is -2.34. The molecule has 1 heterocycles. The lowest BCUT2D eigenvalue weighted by molar-refractivity contribution is -0.143. The molecule has 0 aromatic heterocycles. The average Bonchev–Trinajstić information content (AvgIpc) is 2.26. The number of hydrogen-bond acceptors (Lipinski definition) is 6. The minimum atomic E-state index is -2.91. The summed E-state index contributed by atoms with van der Waals surface area (Å²) in [6.07, 6.45) is 0. The molecular formula is C10H20N2O4S. The van der Waals surface area contributed by atoms with Gasteiger partial charge in [0, 0.05) is 19.1 Å². The van der Waals surface area contributed by atoms with Crippen LogP contribution >= 0.6 is 0 Å². The smallest absolute Gasteiger partial charge is 0.324 e. The number of carbonyl (C=O) groups excluding carboxylic acids is 1. The van der Waals surface area contributed by atoms with Gasteiger partial charge in [0.25, 0.3) is 0 Å². The molecule has 1 rings (SSSR count). The Hall–Kier alpha value is -0.660. The zero-order valence-corrected chi connectivity index (χ0v) is 11.3. The molecule has 1 fully saturated rings. The maximum absolute atomic E-state index is 11.4. The van der Waals surface area contributed by atoms with Gasteiger partial charge in [0.2, 0.25) is 0 Å². The molecule has 2 atom stereocenters. The number of carbonyl (C=O) groups is 1. The molecule has 0 spiro atoms. The molecule has 0 aromatic carbocycles. The van der Waals surface area contributed by atoms with Crippen LogP contribution in [0.2, 0.25) is 0 Å². The van der Waals surface area contributed by atoms with Crippen LogP contribution in [-0.2, 0) is 19.4 Å². The first kappa shape index (κ1) is 14.4. The highest BCUT2D eigenvalue weighted by molar-refractivity contribution is 7.91. The van der Waals surface area contributed by atoms with Crippen molar-refractivity contribution in [1.82, 2.24) is 10.2 Å². The van der Waals surface area contributed by atoms with Crippen LogP contribution < -0.4 is 5.32 Å². The third kappa shape index (κ3) is 3.93. The van der Waals surface area contributed by atoms with E-state index in [4.69, 9.17) is 0 Å². The highest BCUT2D eigenvalue weighted by Gasteiger charge is 2.31. The van der Waals surface area contributed by atoms with Crippen molar-refractivity contribution in [2.24, 2.45) is 0 Å². The van der Waals surface area contributed by atoms with Gasteiger partial charge in [0.1, 0.15) is 6.04 Å². The number of methoxy groups -OCH3 is 1. The van der Waals surface area contributed by atoms with Crippen LogP contribution in [0.15, 0.2) is 0 Å². The van der Waals surface area contributed by atoms with Crippen molar-refractivity contribution in [2.45, 2.75) is 19.0 Å². The normalized spacial score (nSPS) is 26.4. The van der Waals surface area contributed by atoms with E-state index >= 15 is 0 Å². The largest absolute Gasteiger partial charge is 0.468 e. The number of esters is 1. The maximum atomic E-state index is 11.4. The third-order valence-electron chi connectivity index (χ3n) is 3.06. The molecular weight excluding hydrogens is 244 g/mol. The molecule has 6 nitrogen and oxygen atoms in total. The number of ether oxygens (including phenoxy) is 1. The Kier molecular flexibility index (Phi) is 4.91. The Morgan fingerprint density at radius 1 is 1.59 bits per heavy atom. The Morgan fingerprint density at radius 3 is 2.71 bits per heavy atom. The molecule has 0 amide bonds. The Bertz CT molecular complexity index is 369. The van der Waals surface area contributed by atoms with Gasteiger partial charge in [-0.3, -0.25) is 9.69 Å². The summed E-state index contributed by atoms with van der Waals surface area (Å²) in [5.74, 6) is -0.00680. The minimum Gasteiger partial charge on any atom is -0.468 e. The molecule has 1 aliphatic heterocycles.